The lowest BCUT2D eigenvalue weighted by Crippen LogP contribution is -2.46. The van der Waals surface area contributed by atoms with Crippen LogP contribution < -0.4 is 10.6 Å². The number of halogens is 2. The van der Waals surface area contributed by atoms with Crippen molar-refractivity contribution in [1.82, 2.24) is 15.5 Å². The molecule has 28 heavy (non-hydrogen) atoms. The van der Waals surface area contributed by atoms with Crippen molar-refractivity contribution in [3.8, 4) is 0 Å². The molecular weight excluding hydrogens is 474 g/mol. The summed E-state index contributed by atoms with van der Waals surface area (Å²) in [5, 5.41) is 6.68. The van der Waals surface area contributed by atoms with Crippen LogP contribution in [0, 0.1) is 5.82 Å². The second-order valence-corrected chi connectivity index (χ2v) is 7.26. The minimum atomic E-state index is -0.325. The molecule has 6 nitrogen and oxygen atoms in total. The van der Waals surface area contributed by atoms with Gasteiger partial charge >= 0.3 is 0 Å². The smallest absolute Gasteiger partial charge is 0.191 e. The summed E-state index contributed by atoms with van der Waals surface area (Å²) in [7, 11) is 1.69. The number of nitrogens with one attached hydrogen (secondary N) is 2. The normalized spacial score (nSPS) is 17.0. The second-order valence-electron chi connectivity index (χ2n) is 7.26. The van der Waals surface area contributed by atoms with Gasteiger partial charge in [0.2, 0.25) is 0 Å². The SMILES string of the molecule is CCNC(=NCC(C)(C)OC)NCC(c1cccc(F)c1)N1CCOCC1.I. The molecular formula is C20H34FIN4O2. The van der Waals surface area contributed by atoms with Gasteiger partial charge in [0.25, 0.3) is 0 Å². The van der Waals surface area contributed by atoms with Gasteiger partial charge in [-0.3, -0.25) is 9.89 Å². The third-order valence-corrected chi connectivity index (χ3v) is 4.70. The molecule has 0 aliphatic carbocycles. The van der Waals surface area contributed by atoms with Gasteiger partial charge in [-0.2, -0.15) is 0 Å². The van der Waals surface area contributed by atoms with E-state index in [1.165, 1.54) is 6.07 Å². The number of ether oxygens (including phenoxy) is 2. The number of rotatable bonds is 8. The molecule has 0 aromatic heterocycles. The van der Waals surface area contributed by atoms with Crippen LogP contribution in [-0.2, 0) is 9.47 Å². The number of guanidine groups is 1. The van der Waals surface area contributed by atoms with E-state index in [1.54, 1.807) is 19.2 Å². The summed E-state index contributed by atoms with van der Waals surface area (Å²) in [5.74, 6) is 0.519. The third-order valence-electron chi connectivity index (χ3n) is 4.70. The van der Waals surface area contributed by atoms with Gasteiger partial charge < -0.3 is 20.1 Å². The summed E-state index contributed by atoms with van der Waals surface area (Å²) in [6.45, 7) is 11.0. The van der Waals surface area contributed by atoms with Crippen LogP contribution in [0.4, 0.5) is 4.39 Å². The molecule has 1 aromatic carbocycles. The number of hydrogen-bond acceptors (Lipinski definition) is 4. The Balaban J connectivity index is 0.00000392. The fraction of sp³-hybridized carbons (Fsp3) is 0.650. The van der Waals surface area contributed by atoms with Crippen molar-refractivity contribution in [3.63, 3.8) is 0 Å². The van der Waals surface area contributed by atoms with E-state index in [-0.39, 0.29) is 41.4 Å². The Labute approximate surface area is 185 Å². The number of benzene rings is 1. The first-order valence-corrected chi connectivity index (χ1v) is 9.60. The number of hydrogen-bond donors (Lipinski definition) is 2. The van der Waals surface area contributed by atoms with E-state index in [2.05, 4.69) is 20.5 Å². The molecule has 0 saturated carbocycles. The highest BCUT2D eigenvalue weighted by Gasteiger charge is 2.23. The highest BCUT2D eigenvalue weighted by atomic mass is 127. The van der Waals surface area contributed by atoms with Crippen molar-refractivity contribution in [3.05, 3.63) is 35.6 Å². The van der Waals surface area contributed by atoms with Crippen molar-refractivity contribution in [1.29, 1.82) is 0 Å². The lowest BCUT2D eigenvalue weighted by atomic mass is 10.0. The standard InChI is InChI=1S/C20H33FN4O2.HI/c1-5-22-19(24-15-20(2,3)26-4)23-14-18(25-9-11-27-12-10-25)16-7-6-8-17(21)13-16;/h6-8,13,18H,5,9-12,14-15H2,1-4H3,(H2,22,23,24);1H. The molecule has 0 bridgehead atoms. The van der Waals surface area contributed by atoms with Crippen molar-refractivity contribution in [2.45, 2.75) is 32.4 Å². The van der Waals surface area contributed by atoms with Gasteiger partial charge in [-0.05, 0) is 38.5 Å². The Kier molecular flexibility index (Phi) is 11.2. The van der Waals surface area contributed by atoms with Crippen LogP contribution >= 0.6 is 24.0 Å². The van der Waals surface area contributed by atoms with Gasteiger partial charge in [-0.15, -0.1) is 24.0 Å². The topological polar surface area (TPSA) is 58.1 Å². The Bertz CT molecular complexity index is 610. The Morgan fingerprint density at radius 2 is 2.04 bits per heavy atom. The molecule has 1 unspecified atom stereocenters. The highest BCUT2D eigenvalue weighted by molar-refractivity contribution is 14.0. The van der Waals surface area contributed by atoms with E-state index in [9.17, 15) is 4.39 Å². The molecule has 2 N–H and O–H groups in total. The summed E-state index contributed by atoms with van der Waals surface area (Å²) in [6.07, 6.45) is 0. The van der Waals surface area contributed by atoms with E-state index in [0.717, 1.165) is 31.2 Å². The molecule has 0 radical (unpaired) electrons. The highest BCUT2D eigenvalue weighted by Crippen LogP contribution is 2.22. The molecule has 1 atom stereocenters. The van der Waals surface area contributed by atoms with Crippen LogP contribution in [0.25, 0.3) is 0 Å². The van der Waals surface area contributed by atoms with Crippen LogP contribution in [0.15, 0.2) is 29.3 Å². The van der Waals surface area contributed by atoms with Crippen LogP contribution in [0.2, 0.25) is 0 Å². The van der Waals surface area contributed by atoms with Crippen molar-refractivity contribution >= 4 is 29.9 Å². The minimum Gasteiger partial charge on any atom is -0.379 e. The average Bonchev–Trinajstić information content (AvgIpc) is 2.67. The zero-order valence-electron chi connectivity index (χ0n) is 17.3. The minimum absolute atomic E-state index is 0. The van der Waals surface area contributed by atoms with E-state index < -0.39 is 0 Å². The summed E-state index contributed by atoms with van der Waals surface area (Å²) in [5.41, 5.74) is 0.631. The van der Waals surface area contributed by atoms with Gasteiger partial charge in [0, 0.05) is 33.3 Å². The molecule has 0 spiro atoms. The van der Waals surface area contributed by atoms with Crippen molar-refractivity contribution in [2.24, 2.45) is 4.99 Å². The summed E-state index contributed by atoms with van der Waals surface area (Å²) in [4.78, 5) is 6.96. The average molecular weight is 508 g/mol. The summed E-state index contributed by atoms with van der Waals surface area (Å²) >= 11 is 0. The maximum absolute atomic E-state index is 13.8. The molecule has 1 aliphatic heterocycles. The van der Waals surface area contributed by atoms with E-state index >= 15 is 0 Å². The first-order valence-electron chi connectivity index (χ1n) is 9.60. The first kappa shape index (κ1) is 25.1. The van der Waals surface area contributed by atoms with Crippen LogP contribution in [0.1, 0.15) is 32.4 Å². The Morgan fingerprint density at radius 1 is 1.32 bits per heavy atom. The zero-order chi connectivity index (χ0) is 19.7. The molecule has 160 valence electrons. The Morgan fingerprint density at radius 3 is 2.64 bits per heavy atom. The largest absolute Gasteiger partial charge is 0.379 e. The lowest BCUT2D eigenvalue weighted by Gasteiger charge is -2.35. The van der Waals surface area contributed by atoms with Gasteiger partial charge in [0.05, 0.1) is 31.4 Å². The molecule has 1 fully saturated rings. The summed E-state index contributed by atoms with van der Waals surface area (Å²) in [6, 6.07) is 6.87. The molecule has 1 heterocycles. The maximum atomic E-state index is 13.8. The number of morpholine rings is 1. The fourth-order valence-electron chi connectivity index (χ4n) is 2.93. The predicted molar refractivity (Wildman–Crippen MR) is 122 cm³/mol. The quantitative estimate of drug-likeness (QED) is 0.322. The van der Waals surface area contributed by atoms with Gasteiger partial charge in [0.15, 0.2) is 5.96 Å². The second kappa shape index (κ2) is 12.6. The van der Waals surface area contributed by atoms with E-state index in [0.29, 0.717) is 26.3 Å². The van der Waals surface area contributed by atoms with Gasteiger partial charge in [0.1, 0.15) is 5.82 Å². The molecule has 1 saturated heterocycles. The van der Waals surface area contributed by atoms with Gasteiger partial charge in [-0.25, -0.2) is 4.39 Å². The monoisotopic (exact) mass is 508 g/mol. The van der Waals surface area contributed by atoms with Crippen molar-refractivity contribution in [2.75, 3.05) is 53.0 Å². The van der Waals surface area contributed by atoms with E-state index in [4.69, 9.17) is 9.47 Å². The van der Waals surface area contributed by atoms with Crippen molar-refractivity contribution < 1.29 is 13.9 Å². The number of methoxy groups -OCH3 is 1. The van der Waals surface area contributed by atoms with Crippen LogP contribution in [-0.4, -0.2) is 69.5 Å². The predicted octanol–water partition coefficient (Wildman–Crippen LogP) is 2.80. The fourth-order valence-corrected chi connectivity index (χ4v) is 2.93. The molecule has 1 aliphatic rings. The molecule has 0 amide bonds. The van der Waals surface area contributed by atoms with Crippen LogP contribution in [0.5, 0.6) is 0 Å². The number of nitrogens with zero attached hydrogens (tertiary/aromatic N) is 2. The summed E-state index contributed by atoms with van der Waals surface area (Å²) < 4.78 is 24.7. The lowest BCUT2D eigenvalue weighted by molar-refractivity contribution is 0.0169. The zero-order valence-corrected chi connectivity index (χ0v) is 19.7. The maximum Gasteiger partial charge on any atom is 0.191 e. The molecule has 2 rings (SSSR count). The number of aliphatic imine (C=N–C) groups is 1. The van der Waals surface area contributed by atoms with Gasteiger partial charge in [-0.1, -0.05) is 12.1 Å². The van der Waals surface area contributed by atoms with E-state index in [1.807, 2.05) is 26.8 Å². The third kappa shape index (κ3) is 8.18. The Hall–Kier alpha value is -0.970. The molecule has 8 heteroatoms. The molecule has 1 aromatic rings. The van der Waals surface area contributed by atoms with Crippen LogP contribution in [0.3, 0.4) is 0 Å². The first-order chi connectivity index (χ1) is 12.9.